The van der Waals surface area contributed by atoms with Crippen LogP contribution in [0.15, 0.2) is 29.8 Å². The molecule has 2 aromatic carbocycles. The van der Waals surface area contributed by atoms with Gasteiger partial charge in [0.2, 0.25) is 5.75 Å². The van der Waals surface area contributed by atoms with Crippen molar-refractivity contribution in [1.82, 2.24) is 4.90 Å². The van der Waals surface area contributed by atoms with E-state index in [1.165, 1.54) is 5.57 Å². The van der Waals surface area contributed by atoms with Crippen LogP contribution in [0.25, 0.3) is 5.57 Å². The van der Waals surface area contributed by atoms with Gasteiger partial charge in [0.15, 0.2) is 23.0 Å². The van der Waals surface area contributed by atoms with E-state index in [1.807, 2.05) is 24.3 Å². The molecule has 0 bridgehead atoms. The monoisotopic (exact) mass is 427 g/mol. The molecule has 0 atom stereocenters. The number of hydrogen-bond acceptors (Lipinski definition) is 6. The predicted molar refractivity (Wildman–Crippen MR) is 123 cm³/mol. The Morgan fingerprint density at radius 3 is 2.06 bits per heavy atom. The van der Waals surface area contributed by atoms with Crippen molar-refractivity contribution in [2.45, 2.75) is 25.7 Å². The molecular formula is C25H33NO5. The Kier molecular flexibility index (Phi) is 7.33. The Morgan fingerprint density at radius 2 is 1.52 bits per heavy atom. The molecule has 0 amide bonds. The number of phenols is 1. The maximum absolute atomic E-state index is 10.9. The summed E-state index contributed by atoms with van der Waals surface area (Å²) >= 11 is 0. The Hall–Kier alpha value is -2.86. The van der Waals surface area contributed by atoms with Crippen LogP contribution in [0.3, 0.4) is 0 Å². The first kappa shape index (κ1) is 22.8. The summed E-state index contributed by atoms with van der Waals surface area (Å²) < 4.78 is 22.1. The molecule has 0 fully saturated rings. The third-order valence-electron chi connectivity index (χ3n) is 5.81. The van der Waals surface area contributed by atoms with Crippen molar-refractivity contribution in [3.63, 3.8) is 0 Å². The molecule has 31 heavy (non-hydrogen) atoms. The first-order valence-corrected chi connectivity index (χ1v) is 10.5. The molecule has 6 nitrogen and oxygen atoms in total. The molecule has 0 aromatic heterocycles. The minimum Gasteiger partial charge on any atom is -0.504 e. The molecule has 2 aromatic rings. The zero-order chi connectivity index (χ0) is 22.5. The molecule has 0 heterocycles. The Bertz CT molecular complexity index is 940. The van der Waals surface area contributed by atoms with E-state index in [0.29, 0.717) is 23.0 Å². The van der Waals surface area contributed by atoms with E-state index < -0.39 is 0 Å². The third-order valence-corrected chi connectivity index (χ3v) is 5.81. The van der Waals surface area contributed by atoms with Crippen molar-refractivity contribution in [3.8, 4) is 28.7 Å². The number of rotatable bonds is 8. The topological polar surface area (TPSA) is 60.4 Å². The normalized spacial score (nSPS) is 13.6. The number of nitrogens with zero attached hydrogens (tertiary/aromatic N) is 1. The molecule has 0 saturated carbocycles. The fourth-order valence-electron chi connectivity index (χ4n) is 4.25. The summed E-state index contributed by atoms with van der Waals surface area (Å²) in [7, 11) is 10.6. The molecule has 3 rings (SSSR count). The van der Waals surface area contributed by atoms with Crippen molar-refractivity contribution < 1.29 is 24.1 Å². The van der Waals surface area contributed by atoms with Crippen molar-refractivity contribution in [2.24, 2.45) is 0 Å². The van der Waals surface area contributed by atoms with Gasteiger partial charge < -0.3 is 29.0 Å². The van der Waals surface area contributed by atoms with E-state index >= 15 is 0 Å². The molecule has 1 N–H and O–H groups in total. The van der Waals surface area contributed by atoms with Crippen LogP contribution >= 0.6 is 0 Å². The van der Waals surface area contributed by atoms with Crippen molar-refractivity contribution >= 4 is 5.57 Å². The Morgan fingerprint density at radius 1 is 0.871 bits per heavy atom. The van der Waals surface area contributed by atoms with Gasteiger partial charge in [-0.15, -0.1) is 0 Å². The molecule has 168 valence electrons. The minimum atomic E-state index is 0.221. The van der Waals surface area contributed by atoms with Gasteiger partial charge in [-0.1, -0.05) is 11.6 Å². The first-order valence-electron chi connectivity index (χ1n) is 10.5. The molecular weight excluding hydrogens is 394 g/mol. The van der Waals surface area contributed by atoms with Crippen molar-refractivity contribution in [3.05, 3.63) is 46.5 Å². The Labute approximate surface area is 185 Å². The fourth-order valence-corrected chi connectivity index (χ4v) is 4.25. The van der Waals surface area contributed by atoms with Gasteiger partial charge in [0, 0.05) is 12.1 Å². The lowest BCUT2D eigenvalue weighted by atomic mass is 9.88. The molecule has 1 aliphatic rings. The smallest absolute Gasteiger partial charge is 0.203 e. The summed E-state index contributed by atoms with van der Waals surface area (Å²) in [5.41, 5.74) is 5.40. The number of hydrogen-bond donors (Lipinski definition) is 1. The lowest BCUT2D eigenvalue weighted by molar-refractivity contribution is 0.324. The highest BCUT2D eigenvalue weighted by Gasteiger charge is 2.25. The minimum absolute atomic E-state index is 0.221. The number of methoxy groups -OCH3 is 4. The number of phenolic OH excluding ortho intramolecular Hbond substituents is 1. The number of aromatic hydroxyl groups is 1. The molecule has 0 radical (unpaired) electrons. The molecule has 0 aliphatic heterocycles. The zero-order valence-electron chi connectivity index (χ0n) is 19.4. The van der Waals surface area contributed by atoms with E-state index in [0.717, 1.165) is 54.5 Å². The number of ether oxygens (including phenoxy) is 4. The van der Waals surface area contributed by atoms with Crippen LogP contribution in [0.1, 0.15) is 36.0 Å². The lowest BCUT2D eigenvalue weighted by Gasteiger charge is -2.21. The zero-order valence-corrected chi connectivity index (χ0v) is 19.4. The first-order chi connectivity index (χ1) is 14.9. The van der Waals surface area contributed by atoms with Gasteiger partial charge >= 0.3 is 0 Å². The number of fused-ring (bicyclic) bond motifs is 1. The predicted octanol–water partition coefficient (Wildman–Crippen LogP) is 4.52. The van der Waals surface area contributed by atoms with E-state index in [9.17, 15) is 5.11 Å². The lowest BCUT2D eigenvalue weighted by Crippen LogP contribution is -2.14. The summed E-state index contributed by atoms with van der Waals surface area (Å²) in [4.78, 5) is 2.19. The van der Waals surface area contributed by atoms with Crippen LogP contribution in [0.5, 0.6) is 28.7 Å². The summed E-state index contributed by atoms with van der Waals surface area (Å²) in [5.74, 6) is 2.51. The van der Waals surface area contributed by atoms with Gasteiger partial charge in [-0.25, -0.2) is 0 Å². The number of benzene rings is 2. The summed E-state index contributed by atoms with van der Waals surface area (Å²) in [6, 6.07) is 7.86. The maximum atomic E-state index is 10.9. The summed E-state index contributed by atoms with van der Waals surface area (Å²) in [6.07, 6.45) is 3.64. The largest absolute Gasteiger partial charge is 0.504 e. The van der Waals surface area contributed by atoms with E-state index in [1.54, 1.807) is 28.4 Å². The van der Waals surface area contributed by atoms with E-state index in [-0.39, 0.29) is 5.75 Å². The van der Waals surface area contributed by atoms with Crippen LogP contribution < -0.4 is 18.9 Å². The second-order valence-corrected chi connectivity index (χ2v) is 7.94. The quantitative estimate of drug-likeness (QED) is 0.669. The van der Waals surface area contributed by atoms with Crippen LogP contribution in [-0.4, -0.2) is 59.1 Å². The van der Waals surface area contributed by atoms with Gasteiger partial charge in [-0.2, -0.15) is 0 Å². The standard InChI is InChI=1S/C25H33NO5/c1-26(2)13-12-16-8-7-9-19-18(10-11-20(28-3)24(19)27)23(16)17-14-21(29-4)25(31-6)22(15-17)30-5/h10-11,14-15,27H,7-9,12-13H2,1-6H3. The SMILES string of the molecule is COc1ccc2c(c1O)CCCC(CCN(C)C)=C2c1cc(OC)c(OC)c(OC)c1. The summed E-state index contributed by atoms with van der Waals surface area (Å²) in [5, 5.41) is 10.9. The summed E-state index contributed by atoms with van der Waals surface area (Å²) in [6.45, 7) is 0.945. The van der Waals surface area contributed by atoms with E-state index in [2.05, 4.69) is 19.0 Å². The van der Waals surface area contributed by atoms with Crippen LogP contribution in [-0.2, 0) is 6.42 Å². The van der Waals surface area contributed by atoms with Gasteiger partial charge in [-0.05, 0) is 74.7 Å². The molecule has 1 aliphatic carbocycles. The molecule has 0 saturated heterocycles. The molecule has 6 heteroatoms. The van der Waals surface area contributed by atoms with Gasteiger partial charge in [-0.3, -0.25) is 0 Å². The highest BCUT2D eigenvalue weighted by atomic mass is 16.5. The third kappa shape index (κ3) is 4.59. The van der Waals surface area contributed by atoms with Crippen molar-refractivity contribution in [1.29, 1.82) is 0 Å². The highest BCUT2D eigenvalue weighted by molar-refractivity contribution is 5.87. The van der Waals surface area contributed by atoms with Gasteiger partial charge in [0.25, 0.3) is 0 Å². The van der Waals surface area contributed by atoms with Gasteiger partial charge in [0.05, 0.1) is 28.4 Å². The van der Waals surface area contributed by atoms with Crippen LogP contribution in [0.4, 0.5) is 0 Å². The van der Waals surface area contributed by atoms with E-state index in [4.69, 9.17) is 18.9 Å². The fraction of sp³-hybridized carbons (Fsp3) is 0.440. The van der Waals surface area contributed by atoms with Gasteiger partial charge in [0.1, 0.15) is 0 Å². The van der Waals surface area contributed by atoms with Crippen molar-refractivity contribution in [2.75, 3.05) is 49.1 Å². The van der Waals surface area contributed by atoms with Crippen LogP contribution in [0.2, 0.25) is 0 Å². The second-order valence-electron chi connectivity index (χ2n) is 7.94. The maximum Gasteiger partial charge on any atom is 0.203 e. The molecule has 0 spiro atoms. The van der Waals surface area contributed by atoms with Crippen LogP contribution in [0, 0.1) is 0 Å². The average Bonchev–Trinajstić information content (AvgIpc) is 2.96. The average molecular weight is 428 g/mol. The molecule has 0 unspecified atom stereocenters. The highest BCUT2D eigenvalue weighted by Crippen LogP contribution is 2.46. The Balaban J connectivity index is 2.29. The second kappa shape index (κ2) is 9.96.